The lowest BCUT2D eigenvalue weighted by Crippen LogP contribution is -2.38. The Kier molecular flexibility index (Phi) is 4.91. The first-order chi connectivity index (χ1) is 9.47. The third kappa shape index (κ3) is 4.13. The van der Waals surface area contributed by atoms with Crippen molar-refractivity contribution in [1.29, 1.82) is 0 Å². The quantitative estimate of drug-likeness (QED) is 0.822. The number of sulfone groups is 1. The Bertz CT molecular complexity index is 559. The van der Waals surface area contributed by atoms with Crippen LogP contribution in [-0.2, 0) is 14.6 Å². The zero-order chi connectivity index (χ0) is 14.6. The maximum atomic E-state index is 12.0. The first kappa shape index (κ1) is 15.2. The summed E-state index contributed by atoms with van der Waals surface area (Å²) in [4.78, 5) is 12.3. The molecule has 0 spiro atoms. The molecule has 20 heavy (non-hydrogen) atoms. The van der Waals surface area contributed by atoms with Gasteiger partial charge in [0.2, 0.25) is 0 Å². The van der Waals surface area contributed by atoms with Crippen molar-refractivity contribution in [3.63, 3.8) is 0 Å². The van der Waals surface area contributed by atoms with Gasteiger partial charge in [-0.3, -0.25) is 4.79 Å². The van der Waals surface area contributed by atoms with Crippen molar-refractivity contribution in [2.24, 2.45) is 0 Å². The number of Topliss-reactive ketones (excluding diaryl/α,β-unsaturated/α-hetero) is 1. The van der Waals surface area contributed by atoms with E-state index in [0.29, 0.717) is 25.0 Å². The van der Waals surface area contributed by atoms with Crippen LogP contribution in [0.5, 0.6) is 0 Å². The van der Waals surface area contributed by atoms with Gasteiger partial charge in [0.1, 0.15) is 0 Å². The molecule has 1 unspecified atom stereocenters. The Morgan fingerprint density at radius 2 is 2.05 bits per heavy atom. The summed E-state index contributed by atoms with van der Waals surface area (Å²) in [6.07, 6.45) is 2.32. The molecule has 0 saturated carbocycles. The molecule has 0 aliphatic carbocycles. The minimum atomic E-state index is -3.21. The predicted octanol–water partition coefficient (Wildman–Crippen LogP) is 1.04. The highest BCUT2D eigenvalue weighted by Crippen LogP contribution is 2.14. The summed E-state index contributed by atoms with van der Waals surface area (Å²) in [5.41, 5.74) is 0.543. The lowest BCUT2D eigenvalue weighted by atomic mass is 10.0. The van der Waals surface area contributed by atoms with Crippen LogP contribution in [-0.4, -0.2) is 46.3 Å². The lowest BCUT2D eigenvalue weighted by Gasteiger charge is -2.23. The molecule has 2 rings (SSSR count). The second-order valence-corrected chi connectivity index (χ2v) is 6.97. The maximum Gasteiger partial charge on any atom is 0.175 e. The number of benzene rings is 1. The number of nitrogens with one attached hydrogen (secondary N) is 1. The van der Waals surface area contributed by atoms with E-state index in [4.69, 9.17) is 4.74 Å². The van der Waals surface area contributed by atoms with E-state index >= 15 is 0 Å². The van der Waals surface area contributed by atoms with Gasteiger partial charge in [-0.1, -0.05) is 12.1 Å². The average molecular weight is 297 g/mol. The maximum absolute atomic E-state index is 12.0. The van der Waals surface area contributed by atoms with Crippen molar-refractivity contribution in [2.45, 2.75) is 23.8 Å². The van der Waals surface area contributed by atoms with E-state index in [-0.39, 0.29) is 16.8 Å². The number of carbonyl (C=O) groups excluding carboxylic acids is 1. The first-order valence-electron chi connectivity index (χ1n) is 6.62. The second kappa shape index (κ2) is 6.47. The molecule has 1 saturated heterocycles. The molecule has 1 aromatic rings. The van der Waals surface area contributed by atoms with E-state index in [1.165, 1.54) is 12.1 Å². The number of ketones is 1. The Balaban J connectivity index is 1.92. The average Bonchev–Trinajstić information content (AvgIpc) is 2.45. The van der Waals surface area contributed by atoms with Crippen LogP contribution < -0.4 is 5.32 Å². The van der Waals surface area contributed by atoms with Crippen LogP contribution in [0.1, 0.15) is 23.2 Å². The molecule has 6 heteroatoms. The van der Waals surface area contributed by atoms with E-state index in [1.807, 2.05) is 0 Å². The molecule has 0 aromatic heterocycles. The lowest BCUT2D eigenvalue weighted by molar-refractivity contribution is 0.0224. The van der Waals surface area contributed by atoms with Crippen LogP contribution >= 0.6 is 0 Å². The first-order valence-corrected chi connectivity index (χ1v) is 8.51. The van der Waals surface area contributed by atoms with Gasteiger partial charge >= 0.3 is 0 Å². The molecule has 110 valence electrons. The molecule has 0 bridgehead atoms. The van der Waals surface area contributed by atoms with Gasteiger partial charge in [-0.05, 0) is 18.6 Å². The summed E-state index contributed by atoms with van der Waals surface area (Å²) in [6.45, 7) is 2.32. The Labute approximate surface area is 119 Å². The van der Waals surface area contributed by atoms with Gasteiger partial charge in [-0.25, -0.2) is 8.42 Å². The largest absolute Gasteiger partial charge is 0.376 e. The van der Waals surface area contributed by atoms with E-state index in [2.05, 4.69) is 5.32 Å². The highest BCUT2D eigenvalue weighted by Gasteiger charge is 2.16. The Morgan fingerprint density at radius 1 is 1.35 bits per heavy atom. The van der Waals surface area contributed by atoms with Gasteiger partial charge in [0.15, 0.2) is 15.6 Å². The number of ether oxygens (including phenoxy) is 1. The standard InChI is InChI=1S/C14H19NO4S/c1-20(17,18)13-5-2-11(3-6-13)14(16)7-4-12-10-15-8-9-19-12/h2-3,5-6,12,15H,4,7-10H2,1H3. The summed E-state index contributed by atoms with van der Waals surface area (Å²) in [5.74, 6) is 0.0132. The number of morpholine rings is 1. The smallest absolute Gasteiger partial charge is 0.175 e. The third-order valence-electron chi connectivity index (χ3n) is 3.30. The summed E-state index contributed by atoms with van der Waals surface area (Å²) in [5, 5.41) is 3.22. The summed E-state index contributed by atoms with van der Waals surface area (Å²) < 4.78 is 28.2. The van der Waals surface area contributed by atoms with Gasteiger partial charge in [0, 0.05) is 31.3 Å². The fraction of sp³-hybridized carbons (Fsp3) is 0.500. The minimum Gasteiger partial charge on any atom is -0.376 e. The molecule has 1 aliphatic rings. The zero-order valence-corrected chi connectivity index (χ0v) is 12.3. The highest BCUT2D eigenvalue weighted by atomic mass is 32.2. The fourth-order valence-corrected chi connectivity index (χ4v) is 2.76. The minimum absolute atomic E-state index is 0.0132. The molecule has 1 N–H and O–H groups in total. The summed E-state index contributed by atoms with van der Waals surface area (Å²) in [7, 11) is -3.21. The van der Waals surface area contributed by atoms with Crippen molar-refractivity contribution in [3.8, 4) is 0 Å². The van der Waals surface area contributed by atoms with Crippen LogP contribution in [0.2, 0.25) is 0 Å². The number of hydrogen-bond acceptors (Lipinski definition) is 5. The van der Waals surface area contributed by atoms with Gasteiger partial charge < -0.3 is 10.1 Å². The topological polar surface area (TPSA) is 72.5 Å². The highest BCUT2D eigenvalue weighted by molar-refractivity contribution is 7.90. The van der Waals surface area contributed by atoms with Crippen LogP contribution in [0.15, 0.2) is 29.2 Å². The van der Waals surface area contributed by atoms with Gasteiger partial charge in [0.25, 0.3) is 0 Å². The molecule has 1 aromatic carbocycles. The Hall–Kier alpha value is -1.24. The third-order valence-corrected chi connectivity index (χ3v) is 4.43. The SMILES string of the molecule is CS(=O)(=O)c1ccc(C(=O)CCC2CNCCO2)cc1. The normalized spacial score (nSPS) is 19.8. The molecule has 5 nitrogen and oxygen atoms in total. The number of carbonyl (C=O) groups is 1. The summed E-state index contributed by atoms with van der Waals surface area (Å²) in [6, 6.07) is 6.08. The molecule has 1 aliphatic heterocycles. The van der Waals surface area contributed by atoms with Crippen molar-refractivity contribution < 1.29 is 17.9 Å². The molecule has 0 amide bonds. The van der Waals surface area contributed by atoms with Gasteiger partial charge in [-0.15, -0.1) is 0 Å². The molecule has 1 fully saturated rings. The number of hydrogen-bond donors (Lipinski definition) is 1. The fourth-order valence-electron chi connectivity index (χ4n) is 2.13. The molecular formula is C14H19NO4S. The van der Waals surface area contributed by atoms with E-state index in [9.17, 15) is 13.2 Å². The van der Waals surface area contributed by atoms with Crippen LogP contribution in [0, 0.1) is 0 Å². The monoisotopic (exact) mass is 297 g/mol. The van der Waals surface area contributed by atoms with E-state index in [0.717, 1.165) is 19.3 Å². The molecule has 0 radical (unpaired) electrons. The predicted molar refractivity (Wildman–Crippen MR) is 75.7 cm³/mol. The van der Waals surface area contributed by atoms with Crippen LogP contribution in [0.25, 0.3) is 0 Å². The van der Waals surface area contributed by atoms with Crippen LogP contribution in [0.3, 0.4) is 0 Å². The summed E-state index contributed by atoms with van der Waals surface area (Å²) >= 11 is 0. The van der Waals surface area contributed by atoms with Crippen molar-refractivity contribution >= 4 is 15.6 Å². The van der Waals surface area contributed by atoms with E-state index in [1.54, 1.807) is 12.1 Å². The van der Waals surface area contributed by atoms with E-state index < -0.39 is 9.84 Å². The van der Waals surface area contributed by atoms with Crippen molar-refractivity contribution in [3.05, 3.63) is 29.8 Å². The molecule has 1 heterocycles. The van der Waals surface area contributed by atoms with Gasteiger partial charge in [0.05, 0.1) is 17.6 Å². The molecule has 1 atom stereocenters. The Morgan fingerprint density at radius 3 is 2.60 bits per heavy atom. The van der Waals surface area contributed by atoms with Crippen LogP contribution in [0.4, 0.5) is 0 Å². The van der Waals surface area contributed by atoms with Gasteiger partial charge in [-0.2, -0.15) is 0 Å². The number of rotatable bonds is 5. The van der Waals surface area contributed by atoms with Crippen molar-refractivity contribution in [1.82, 2.24) is 5.32 Å². The molecular weight excluding hydrogens is 278 g/mol. The van der Waals surface area contributed by atoms with Crippen molar-refractivity contribution in [2.75, 3.05) is 26.0 Å². The second-order valence-electron chi connectivity index (χ2n) is 4.96. The zero-order valence-electron chi connectivity index (χ0n) is 11.5.